The summed E-state index contributed by atoms with van der Waals surface area (Å²) in [5.74, 6) is -0.107. The Balaban J connectivity index is 1.78. The molecule has 2 aromatic carbocycles. The van der Waals surface area contributed by atoms with Crippen LogP contribution in [0.5, 0.6) is 0 Å². The molecule has 2 amide bonds. The van der Waals surface area contributed by atoms with Crippen molar-refractivity contribution in [2.24, 2.45) is 0 Å². The number of amides is 2. The van der Waals surface area contributed by atoms with Crippen LogP contribution in [0.3, 0.4) is 0 Å². The number of carbonyl (C=O) groups is 1. The number of sulfone groups is 1. The average molecular weight is 425 g/mol. The average Bonchev–Trinajstić information content (AvgIpc) is 3.06. The summed E-state index contributed by atoms with van der Waals surface area (Å²) in [5, 5.41) is 0.708. The van der Waals surface area contributed by atoms with Crippen molar-refractivity contribution in [1.29, 1.82) is 0 Å². The van der Waals surface area contributed by atoms with Gasteiger partial charge in [0.05, 0.1) is 33.6 Å². The van der Waals surface area contributed by atoms with Crippen molar-refractivity contribution in [2.75, 3.05) is 21.3 Å². The molecular formula is C19H18Cl2N2O3S. The fourth-order valence-corrected chi connectivity index (χ4v) is 6.05. The third-order valence-corrected chi connectivity index (χ3v) is 7.61. The second kappa shape index (κ2) is 6.69. The normalized spacial score (nSPS) is 23.7. The molecular weight excluding hydrogens is 407 g/mol. The van der Waals surface area contributed by atoms with Crippen LogP contribution in [0.15, 0.2) is 42.5 Å². The molecule has 2 atom stereocenters. The predicted octanol–water partition coefficient (Wildman–Crippen LogP) is 4.17. The standard InChI is InChI=1S/C19H18Cl2N2O3S/c1-2-12-3-5-13(6-4-12)22-17-10-27(25,26)11-18(17)23(19(22)24)14-7-8-15(20)16(21)9-14/h3-9,17-18H,2,10-11H2,1H3. The number of rotatable bonds is 3. The van der Waals surface area contributed by atoms with Crippen LogP contribution in [0, 0.1) is 0 Å². The van der Waals surface area contributed by atoms with E-state index < -0.39 is 21.9 Å². The van der Waals surface area contributed by atoms with Crippen LogP contribution in [-0.2, 0) is 16.3 Å². The largest absolute Gasteiger partial charge is 0.329 e. The van der Waals surface area contributed by atoms with Gasteiger partial charge in [-0.1, -0.05) is 42.3 Å². The molecule has 8 heteroatoms. The van der Waals surface area contributed by atoms with E-state index in [1.165, 1.54) is 4.90 Å². The molecule has 0 N–H and O–H groups in total. The number of nitrogens with zero attached hydrogens (tertiary/aromatic N) is 2. The molecule has 0 spiro atoms. The SMILES string of the molecule is CCc1ccc(N2C(=O)N(c3ccc(Cl)c(Cl)c3)C3CS(=O)(=O)CC32)cc1. The van der Waals surface area contributed by atoms with Crippen LogP contribution >= 0.6 is 23.2 Å². The number of halogens is 2. The van der Waals surface area contributed by atoms with Crippen molar-refractivity contribution in [3.05, 3.63) is 58.1 Å². The Bertz CT molecular complexity index is 1010. The number of carbonyl (C=O) groups excluding carboxylic acids is 1. The van der Waals surface area contributed by atoms with Gasteiger partial charge in [0.1, 0.15) is 0 Å². The number of aryl methyl sites for hydroxylation is 1. The maximum Gasteiger partial charge on any atom is 0.329 e. The molecule has 142 valence electrons. The van der Waals surface area contributed by atoms with Crippen LogP contribution in [0.4, 0.5) is 16.2 Å². The lowest BCUT2D eigenvalue weighted by Gasteiger charge is -2.23. The molecule has 27 heavy (non-hydrogen) atoms. The fourth-order valence-electron chi connectivity index (χ4n) is 3.83. The molecule has 2 aliphatic rings. The number of anilines is 2. The molecule has 2 unspecified atom stereocenters. The molecule has 5 nitrogen and oxygen atoms in total. The lowest BCUT2D eigenvalue weighted by Crippen LogP contribution is -2.37. The molecule has 2 aromatic rings. The number of hydrogen-bond acceptors (Lipinski definition) is 3. The van der Waals surface area contributed by atoms with Gasteiger partial charge in [-0.15, -0.1) is 0 Å². The highest BCUT2D eigenvalue weighted by Crippen LogP contribution is 2.39. The van der Waals surface area contributed by atoms with E-state index in [1.54, 1.807) is 23.1 Å². The summed E-state index contributed by atoms with van der Waals surface area (Å²) in [4.78, 5) is 16.4. The Kier molecular flexibility index (Phi) is 4.61. The summed E-state index contributed by atoms with van der Waals surface area (Å²) < 4.78 is 24.6. The zero-order valence-electron chi connectivity index (χ0n) is 14.6. The summed E-state index contributed by atoms with van der Waals surface area (Å²) in [6.07, 6.45) is 0.893. The Hall–Kier alpha value is -1.76. The third-order valence-electron chi connectivity index (χ3n) is 5.17. The van der Waals surface area contributed by atoms with E-state index in [2.05, 4.69) is 6.92 Å². The highest BCUT2D eigenvalue weighted by Gasteiger charge is 2.54. The molecule has 2 fully saturated rings. The molecule has 2 heterocycles. The first-order valence-corrected chi connectivity index (χ1v) is 11.3. The highest BCUT2D eigenvalue weighted by molar-refractivity contribution is 7.91. The van der Waals surface area contributed by atoms with Gasteiger partial charge in [0.25, 0.3) is 0 Å². The maximum atomic E-state index is 13.3. The molecule has 2 saturated heterocycles. The van der Waals surface area contributed by atoms with Gasteiger partial charge in [-0.3, -0.25) is 9.80 Å². The molecule has 0 bridgehead atoms. The highest BCUT2D eigenvalue weighted by atomic mass is 35.5. The van der Waals surface area contributed by atoms with E-state index in [1.807, 2.05) is 24.3 Å². The van der Waals surface area contributed by atoms with Crippen molar-refractivity contribution in [3.63, 3.8) is 0 Å². The van der Waals surface area contributed by atoms with Crippen LogP contribution in [-0.4, -0.2) is 38.0 Å². The van der Waals surface area contributed by atoms with E-state index in [-0.39, 0.29) is 17.5 Å². The molecule has 2 aliphatic heterocycles. The lowest BCUT2D eigenvalue weighted by molar-refractivity contribution is 0.255. The van der Waals surface area contributed by atoms with E-state index in [9.17, 15) is 13.2 Å². The summed E-state index contributed by atoms with van der Waals surface area (Å²) in [5.41, 5.74) is 2.41. The van der Waals surface area contributed by atoms with Crippen molar-refractivity contribution >= 4 is 50.4 Å². The van der Waals surface area contributed by atoms with Gasteiger partial charge in [0, 0.05) is 11.4 Å². The summed E-state index contributed by atoms with van der Waals surface area (Å²) in [7, 11) is -3.24. The number of hydrogen-bond donors (Lipinski definition) is 0. The van der Waals surface area contributed by atoms with Gasteiger partial charge in [-0.2, -0.15) is 0 Å². The molecule has 4 rings (SSSR count). The van der Waals surface area contributed by atoms with E-state index in [4.69, 9.17) is 23.2 Å². The monoisotopic (exact) mass is 424 g/mol. The number of fused-ring (bicyclic) bond motifs is 1. The number of benzene rings is 2. The van der Waals surface area contributed by atoms with E-state index in [0.29, 0.717) is 21.4 Å². The quantitative estimate of drug-likeness (QED) is 0.694. The smallest absolute Gasteiger partial charge is 0.288 e. The molecule has 0 aromatic heterocycles. The predicted molar refractivity (Wildman–Crippen MR) is 109 cm³/mol. The lowest BCUT2D eigenvalue weighted by atomic mass is 10.1. The fraction of sp³-hybridized carbons (Fsp3) is 0.316. The first-order valence-electron chi connectivity index (χ1n) is 8.67. The zero-order valence-corrected chi connectivity index (χ0v) is 16.9. The second-order valence-corrected chi connectivity index (χ2v) is 9.82. The Labute approximate surface area is 168 Å². The van der Waals surface area contributed by atoms with Crippen LogP contribution in [0.1, 0.15) is 12.5 Å². The van der Waals surface area contributed by atoms with Crippen LogP contribution in [0.25, 0.3) is 0 Å². The Morgan fingerprint density at radius 3 is 2.04 bits per heavy atom. The maximum absolute atomic E-state index is 13.3. The van der Waals surface area contributed by atoms with Crippen LogP contribution < -0.4 is 9.80 Å². The van der Waals surface area contributed by atoms with Gasteiger partial charge in [0.2, 0.25) is 0 Å². The first kappa shape index (κ1) is 18.6. The van der Waals surface area contributed by atoms with Gasteiger partial charge < -0.3 is 0 Å². The summed E-state index contributed by atoms with van der Waals surface area (Å²) >= 11 is 12.1. The van der Waals surface area contributed by atoms with Crippen molar-refractivity contribution in [1.82, 2.24) is 0 Å². The van der Waals surface area contributed by atoms with Gasteiger partial charge in [0.15, 0.2) is 9.84 Å². The molecule has 0 aliphatic carbocycles. The third kappa shape index (κ3) is 3.20. The van der Waals surface area contributed by atoms with Gasteiger partial charge >= 0.3 is 6.03 Å². The van der Waals surface area contributed by atoms with Crippen molar-refractivity contribution in [3.8, 4) is 0 Å². The van der Waals surface area contributed by atoms with Gasteiger partial charge in [-0.25, -0.2) is 13.2 Å². The summed E-state index contributed by atoms with van der Waals surface area (Å²) in [6.45, 7) is 2.06. The van der Waals surface area contributed by atoms with Gasteiger partial charge in [-0.05, 0) is 42.3 Å². The molecule has 0 saturated carbocycles. The zero-order chi connectivity index (χ0) is 19.3. The number of urea groups is 1. The minimum Gasteiger partial charge on any atom is -0.288 e. The first-order chi connectivity index (χ1) is 12.8. The van der Waals surface area contributed by atoms with Crippen molar-refractivity contribution < 1.29 is 13.2 Å². The van der Waals surface area contributed by atoms with Crippen molar-refractivity contribution in [2.45, 2.75) is 25.4 Å². The molecule has 0 radical (unpaired) electrons. The van der Waals surface area contributed by atoms with Crippen LogP contribution in [0.2, 0.25) is 10.0 Å². The minimum atomic E-state index is -3.24. The second-order valence-electron chi connectivity index (χ2n) is 6.85. The Morgan fingerprint density at radius 2 is 1.48 bits per heavy atom. The van der Waals surface area contributed by atoms with E-state index in [0.717, 1.165) is 12.0 Å². The Morgan fingerprint density at radius 1 is 0.926 bits per heavy atom. The minimum absolute atomic E-state index is 0.0449. The van der Waals surface area contributed by atoms with E-state index >= 15 is 0 Å². The topological polar surface area (TPSA) is 57.7 Å². The summed E-state index contributed by atoms with van der Waals surface area (Å²) in [6, 6.07) is 11.5.